The number of fused-ring (bicyclic) bond motifs is 7. The van der Waals surface area contributed by atoms with E-state index < -0.39 is 23.1 Å². The molecule has 0 N–H and O–H groups in total. The van der Waals surface area contributed by atoms with Crippen molar-refractivity contribution in [2.24, 2.45) is 5.92 Å². The lowest BCUT2D eigenvalue weighted by molar-refractivity contribution is -0.147. The van der Waals surface area contributed by atoms with Gasteiger partial charge in [-0.05, 0) is 107 Å². The molecule has 0 radical (unpaired) electrons. The number of methoxy groups -OCH3 is 1. The fraction of sp³-hybridized carbons (Fsp3) is 0.568. The third-order valence-corrected chi connectivity index (χ3v) is 12.7. The van der Waals surface area contributed by atoms with Crippen LogP contribution in [0.1, 0.15) is 70.9 Å². The number of benzene rings is 2. The fourth-order valence-electron chi connectivity index (χ4n) is 10.2. The van der Waals surface area contributed by atoms with E-state index in [1.54, 1.807) is 19.2 Å². The molecule has 59 heavy (non-hydrogen) atoms. The highest BCUT2D eigenvalue weighted by Crippen LogP contribution is 2.44. The Labute approximate surface area is 342 Å². The van der Waals surface area contributed by atoms with Crippen LogP contribution in [0.4, 0.5) is 19.4 Å². The Balaban J connectivity index is 1.15. The molecule has 13 nitrogen and oxygen atoms in total. The largest absolute Gasteiger partial charge is 0.468 e. The number of anilines is 1. The van der Waals surface area contributed by atoms with E-state index in [2.05, 4.69) is 9.80 Å². The minimum Gasteiger partial charge on any atom is -0.468 e. The minimum absolute atomic E-state index is 0.00536. The quantitative estimate of drug-likeness (QED) is 0.124. The minimum atomic E-state index is -0.942. The maximum atomic E-state index is 17.7. The van der Waals surface area contributed by atoms with Crippen molar-refractivity contribution >= 4 is 39.6 Å². The summed E-state index contributed by atoms with van der Waals surface area (Å²) in [7, 11) is 1.53. The third kappa shape index (κ3) is 7.27. The number of nitrogens with zero attached hydrogens (tertiary/aromatic N) is 6. The van der Waals surface area contributed by atoms with Gasteiger partial charge < -0.3 is 28.6 Å². The van der Waals surface area contributed by atoms with Crippen LogP contribution in [0, 0.1) is 11.7 Å². The molecule has 2 aromatic carbocycles. The Morgan fingerprint density at radius 3 is 2.58 bits per heavy atom. The van der Waals surface area contributed by atoms with Crippen molar-refractivity contribution < 1.29 is 42.1 Å². The zero-order chi connectivity index (χ0) is 41.2. The molecule has 2 bridgehead atoms. The van der Waals surface area contributed by atoms with Gasteiger partial charge in [-0.2, -0.15) is 9.97 Å². The normalized spacial score (nSPS) is 25.1. The van der Waals surface area contributed by atoms with Gasteiger partial charge in [0, 0.05) is 44.9 Å². The molecule has 4 aromatic rings. The first-order chi connectivity index (χ1) is 28.3. The van der Waals surface area contributed by atoms with E-state index in [9.17, 15) is 14.0 Å². The SMILES string of the molecule is CCOC(=O)C1Cc2ccc3cc(OCOC)cc(-c4ncc5c(N6C[C@H]7CC[C@@H](C6)N7C(=O)OC(C)(C)C)nc(OC[C@@]67CCCN6C[C@H](F)C7)nc5c4F)c3c2C1. The van der Waals surface area contributed by atoms with Crippen molar-refractivity contribution in [2.45, 2.75) is 102 Å². The summed E-state index contributed by atoms with van der Waals surface area (Å²) in [5.74, 6) is -0.361. The van der Waals surface area contributed by atoms with Crippen molar-refractivity contribution in [3.8, 4) is 23.0 Å². The molecule has 4 saturated heterocycles. The molecule has 0 spiro atoms. The molecule has 5 atom stereocenters. The summed E-state index contributed by atoms with van der Waals surface area (Å²) < 4.78 is 61.1. The smallest absolute Gasteiger partial charge is 0.410 e. The lowest BCUT2D eigenvalue weighted by atomic mass is 9.93. The van der Waals surface area contributed by atoms with Gasteiger partial charge in [0.15, 0.2) is 12.6 Å². The molecular formula is C44H52F2N6O7. The number of piperazine rings is 1. The summed E-state index contributed by atoms with van der Waals surface area (Å²) >= 11 is 0. The van der Waals surface area contributed by atoms with Gasteiger partial charge in [0.2, 0.25) is 0 Å². The molecule has 9 rings (SSSR count). The van der Waals surface area contributed by atoms with Crippen LogP contribution in [-0.4, -0.2) is 120 Å². The standard InChI is InChI=1S/C44H52F2N6O7/c1-6-56-40(53)27-14-25-8-9-26-15-31(58-24-55-5)17-33(35(26)32(25)16-27)37-36(46)38-34(19-47-37)39(49-41(48-38)57-23-44-12-7-13-51(44)20-28(45)18-44)50-21-29-10-11-30(22-50)52(29)42(54)59-43(2,3)4/h8-9,15,17,19,27-30H,6-7,10-14,16,18,20-24H2,1-5H3/t27?,28-,29-,30+,44+/m1/s1. The maximum Gasteiger partial charge on any atom is 0.410 e. The third-order valence-electron chi connectivity index (χ3n) is 12.7. The summed E-state index contributed by atoms with van der Waals surface area (Å²) in [6.45, 7) is 9.87. The highest BCUT2D eigenvalue weighted by Gasteiger charge is 2.50. The molecule has 1 amide bonds. The number of aromatic nitrogens is 3. The molecule has 314 valence electrons. The number of amides is 1. The van der Waals surface area contributed by atoms with E-state index in [1.165, 1.54) is 7.11 Å². The summed E-state index contributed by atoms with van der Waals surface area (Å²) in [5, 5.41) is 1.97. The van der Waals surface area contributed by atoms with Crippen LogP contribution in [0.5, 0.6) is 11.8 Å². The highest BCUT2D eigenvalue weighted by atomic mass is 19.1. The maximum absolute atomic E-state index is 17.7. The molecule has 5 aliphatic rings. The number of carbonyl (C=O) groups excluding carboxylic acids is 2. The number of halogens is 2. The van der Waals surface area contributed by atoms with Gasteiger partial charge in [0.1, 0.15) is 41.2 Å². The Kier molecular flexibility index (Phi) is 10.3. The van der Waals surface area contributed by atoms with Crippen LogP contribution in [-0.2, 0) is 31.8 Å². The Morgan fingerprint density at radius 1 is 1.03 bits per heavy atom. The predicted octanol–water partition coefficient (Wildman–Crippen LogP) is 6.79. The molecule has 15 heteroatoms. The Bertz CT molecular complexity index is 2290. The van der Waals surface area contributed by atoms with Gasteiger partial charge >= 0.3 is 18.1 Å². The molecule has 4 aliphatic heterocycles. The lowest BCUT2D eigenvalue weighted by Gasteiger charge is -2.42. The Hall–Kier alpha value is -4.89. The summed E-state index contributed by atoms with van der Waals surface area (Å²) in [6.07, 6.45) is 4.96. The molecule has 1 aliphatic carbocycles. The summed E-state index contributed by atoms with van der Waals surface area (Å²) in [4.78, 5) is 46.8. The summed E-state index contributed by atoms with van der Waals surface area (Å²) in [5.41, 5.74) is 1.39. The van der Waals surface area contributed by atoms with E-state index in [1.807, 2.05) is 43.9 Å². The second-order valence-corrected chi connectivity index (χ2v) is 17.7. The van der Waals surface area contributed by atoms with E-state index in [-0.39, 0.29) is 67.3 Å². The number of alkyl halides is 1. The molecule has 6 heterocycles. The number of ether oxygens (including phenoxy) is 5. The van der Waals surface area contributed by atoms with E-state index >= 15 is 4.39 Å². The van der Waals surface area contributed by atoms with Gasteiger partial charge in [0.05, 0.1) is 35.5 Å². The second kappa shape index (κ2) is 15.3. The lowest BCUT2D eigenvalue weighted by Crippen LogP contribution is -2.57. The van der Waals surface area contributed by atoms with Crippen molar-refractivity contribution in [3.63, 3.8) is 0 Å². The average molecular weight is 815 g/mol. The highest BCUT2D eigenvalue weighted by molar-refractivity contribution is 6.03. The summed E-state index contributed by atoms with van der Waals surface area (Å²) in [6, 6.07) is 7.32. The van der Waals surface area contributed by atoms with Crippen molar-refractivity contribution in [1.29, 1.82) is 0 Å². The van der Waals surface area contributed by atoms with Crippen molar-refractivity contribution in [3.05, 3.63) is 47.4 Å². The van der Waals surface area contributed by atoms with Crippen molar-refractivity contribution in [1.82, 2.24) is 24.8 Å². The van der Waals surface area contributed by atoms with E-state index in [0.717, 1.165) is 54.1 Å². The first-order valence-electron chi connectivity index (χ1n) is 20.9. The molecule has 1 unspecified atom stereocenters. The Morgan fingerprint density at radius 2 is 1.83 bits per heavy atom. The van der Waals surface area contributed by atoms with E-state index in [0.29, 0.717) is 61.4 Å². The topological polar surface area (TPSA) is 129 Å². The van der Waals surface area contributed by atoms with Crippen LogP contribution in [0.2, 0.25) is 0 Å². The van der Waals surface area contributed by atoms with Crippen LogP contribution >= 0.6 is 0 Å². The number of hydrogen-bond donors (Lipinski definition) is 0. The monoisotopic (exact) mass is 814 g/mol. The number of carbonyl (C=O) groups is 2. The van der Waals surface area contributed by atoms with E-state index in [4.69, 9.17) is 38.6 Å². The molecule has 2 aromatic heterocycles. The number of hydrogen-bond acceptors (Lipinski definition) is 12. The number of esters is 1. The molecule has 4 fully saturated rings. The van der Waals surface area contributed by atoms with Gasteiger partial charge in [-0.1, -0.05) is 12.1 Å². The first kappa shape index (κ1) is 39.6. The van der Waals surface area contributed by atoms with Crippen molar-refractivity contribution in [2.75, 3.05) is 58.2 Å². The number of rotatable bonds is 10. The number of pyridine rings is 1. The zero-order valence-corrected chi connectivity index (χ0v) is 34.4. The first-order valence-corrected chi connectivity index (χ1v) is 20.9. The van der Waals surface area contributed by atoms with Crippen LogP contribution < -0.4 is 14.4 Å². The van der Waals surface area contributed by atoms with Crippen LogP contribution in [0.15, 0.2) is 30.5 Å². The zero-order valence-electron chi connectivity index (χ0n) is 34.4. The van der Waals surface area contributed by atoms with Gasteiger partial charge in [-0.25, -0.2) is 13.6 Å². The fourth-order valence-corrected chi connectivity index (χ4v) is 10.2. The molecular weight excluding hydrogens is 763 g/mol. The second-order valence-electron chi connectivity index (χ2n) is 17.7. The van der Waals surface area contributed by atoms with Gasteiger partial charge in [-0.15, -0.1) is 0 Å². The predicted molar refractivity (Wildman–Crippen MR) is 216 cm³/mol. The average Bonchev–Trinajstić information content (AvgIpc) is 3.95. The van der Waals surface area contributed by atoms with Crippen LogP contribution in [0.25, 0.3) is 32.9 Å². The molecule has 0 saturated carbocycles. The van der Waals surface area contributed by atoms with Gasteiger partial charge in [-0.3, -0.25) is 19.6 Å². The van der Waals surface area contributed by atoms with Crippen LogP contribution in [0.3, 0.4) is 0 Å². The van der Waals surface area contributed by atoms with Gasteiger partial charge in [0.25, 0.3) is 0 Å².